The molecule has 0 bridgehead atoms. The molecule has 0 fully saturated rings. The van der Waals surface area contributed by atoms with E-state index in [9.17, 15) is 0 Å². The summed E-state index contributed by atoms with van der Waals surface area (Å²) in [6, 6.07) is 0. The van der Waals surface area contributed by atoms with Crippen molar-refractivity contribution in [2.45, 2.75) is 24.7 Å². The van der Waals surface area contributed by atoms with E-state index < -0.39 is 8.32 Å². The first-order valence-corrected chi connectivity index (χ1v) is 9.44. The summed E-state index contributed by atoms with van der Waals surface area (Å²) in [4.78, 5) is 0. The smallest absolute Gasteiger partial charge is 0.190 e. The number of rotatable bonds is 6. The summed E-state index contributed by atoms with van der Waals surface area (Å²) in [5.74, 6) is 0. The summed E-state index contributed by atoms with van der Waals surface area (Å²) in [5.41, 5.74) is 0. The van der Waals surface area contributed by atoms with Crippen molar-refractivity contribution in [2.75, 3.05) is 0 Å². The Kier molecular flexibility index (Phi) is 19.3. The summed E-state index contributed by atoms with van der Waals surface area (Å²) in [6.45, 7) is 18.1. The van der Waals surface area contributed by atoms with Gasteiger partial charge in [-0.25, -0.2) is 0 Å². The maximum atomic E-state index is 5.93. The van der Waals surface area contributed by atoms with Crippen molar-refractivity contribution in [1.29, 1.82) is 0 Å². The van der Waals surface area contributed by atoms with E-state index in [1.807, 2.05) is 18.2 Å². The van der Waals surface area contributed by atoms with Gasteiger partial charge in [0.25, 0.3) is 0 Å². The first kappa shape index (κ1) is 26.3. The fraction of sp³-hybridized carbons (Fsp3) is 0.400. The third-order valence-electron chi connectivity index (χ3n) is 2.56. The summed E-state index contributed by atoms with van der Waals surface area (Å²) in [7, 11) is -2.16. The molecule has 0 aromatic rings. The number of hydrogen-bond acceptors (Lipinski definition) is 1. The van der Waals surface area contributed by atoms with E-state index in [1.54, 1.807) is 0 Å². The molecule has 0 aliphatic heterocycles. The van der Waals surface area contributed by atoms with Gasteiger partial charge < -0.3 is 4.12 Å². The van der Waals surface area contributed by atoms with Crippen LogP contribution in [0.5, 0.6) is 0 Å². The fourth-order valence-electron chi connectivity index (χ4n) is 1.47. The van der Waals surface area contributed by atoms with Crippen LogP contribution in [0.15, 0.2) is 38.0 Å². The Hall–Kier alpha value is 1.68. The van der Waals surface area contributed by atoms with Crippen molar-refractivity contribution in [1.82, 2.24) is 0 Å². The van der Waals surface area contributed by atoms with E-state index in [0.29, 0.717) is 0 Å². The third-order valence-corrected chi connectivity index (χ3v) is 9.30. The molecule has 0 aromatic heterocycles. The van der Waals surface area contributed by atoms with Gasteiger partial charge in [-0.1, -0.05) is 24.8 Å². The average molecular weight is 798 g/mol. The molecular formula is C10H20OPt3Si2. The molecule has 0 aliphatic carbocycles. The van der Waals surface area contributed by atoms with Crippen LogP contribution < -0.4 is 0 Å². The molecule has 16 heavy (non-hydrogen) atoms. The zero-order chi connectivity index (χ0) is 10.5. The van der Waals surface area contributed by atoms with Crippen LogP contribution in [0.4, 0.5) is 0 Å². The molecular weight excluding hydrogens is 778 g/mol. The van der Waals surface area contributed by atoms with Crippen molar-refractivity contribution >= 4 is 18.1 Å². The minimum Gasteiger partial charge on any atom is -0.460 e. The monoisotopic (exact) mass is 797 g/mol. The normalized spacial score (nSPS) is 10.7. The van der Waals surface area contributed by atoms with Crippen LogP contribution in [0.3, 0.4) is 0 Å². The second-order valence-corrected chi connectivity index (χ2v) is 9.11. The van der Waals surface area contributed by atoms with E-state index in [4.69, 9.17) is 4.12 Å². The van der Waals surface area contributed by atoms with Gasteiger partial charge in [0.2, 0.25) is 0 Å². The standard InChI is InChI=1S/C10H20OSi2.3Pt/c1-7-10(8-2,9-3)13(5,6)11-12-4;;;/h7-9H,1-3,12H2,4-6H3;;;. The van der Waals surface area contributed by atoms with Gasteiger partial charge in [0.1, 0.15) is 9.76 Å². The van der Waals surface area contributed by atoms with Gasteiger partial charge in [-0.3, -0.25) is 0 Å². The summed E-state index contributed by atoms with van der Waals surface area (Å²) < 4.78 is 5.93. The summed E-state index contributed by atoms with van der Waals surface area (Å²) >= 11 is 0. The summed E-state index contributed by atoms with van der Waals surface area (Å²) in [5, 5.41) is -0.185. The molecule has 0 aromatic carbocycles. The second kappa shape index (κ2) is 11.8. The second-order valence-electron chi connectivity index (χ2n) is 3.49. The molecule has 1 nitrogen and oxygen atoms in total. The largest absolute Gasteiger partial charge is 0.460 e. The predicted molar refractivity (Wildman–Crippen MR) is 66.3 cm³/mol. The molecule has 0 saturated heterocycles. The van der Waals surface area contributed by atoms with Gasteiger partial charge in [0, 0.05) is 68.2 Å². The topological polar surface area (TPSA) is 9.23 Å². The maximum absolute atomic E-state index is 5.93. The molecule has 0 spiro atoms. The Labute approximate surface area is 146 Å². The van der Waals surface area contributed by atoms with Crippen LogP contribution in [0.25, 0.3) is 0 Å². The predicted octanol–water partition coefficient (Wildman–Crippen LogP) is 2.63. The van der Waals surface area contributed by atoms with E-state index in [0.717, 1.165) is 0 Å². The van der Waals surface area contributed by atoms with Crippen LogP contribution in [0, 0.1) is 0 Å². The third kappa shape index (κ3) is 6.03. The SMILES string of the molecule is C=CC(C=C)(C=C)[Si](C)(C)O[SiH2]C.[Pt].[Pt].[Pt]. The minimum absolute atomic E-state index is 0. The van der Waals surface area contributed by atoms with E-state index >= 15 is 0 Å². The van der Waals surface area contributed by atoms with Crippen LogP contribution in [-0.2, 0) is 67.3 Å². The first-order chi connectivity index (χ1) is 5.99. The minimum atomic E-state index is -1.78. The zero-order valence-electron chi connectivity index (χ0n) is 9.92. The van der Waals surface area contributed by atoms with Crippen LogP contribution in [-0.4, -0.2) is 18.1 Å². The fourth-order valence-corrected chi connectivity index (χ4v) is 6.83. The van der Waals surface area contributed by atoms with Crippen LogP contribution >= 0.6 is 0 Å². The Bertz CT molecular complexity index is 198. The van der Waals surface area contributed by atoms with Gasteiger partial charge in [-0.2, -0.15) is 0 Å². The molecule has 0 rings (SSSR count). The van der Waals surface area contributed by atoms with E-state index in [1.165, 1.54) is 0 Å². The molecule has 0 atom stereocenters. The van der Waals surface area contributed by atoms with Gasteiger partial charge in [-0.15, -0.1) is 19.7 Å². The van der Waals surface area contributed by atoms with Gasteiger partial charge >= 0.3 is 0 Å². The van der Waals surface area contributed by atoms with Crippen LogP contribution in [0.2, 0.25) is 24.7 Å². The molecule has 0 heterocycles. The molecule has 6 heteroatoms. The molecule has 0 amide bonds. The quantitative estimate of drug-likeness (QED) is 0.297. The Morgan fingerprint density at radius 2 is 1.31 bits per heavy atom. The number of hydrogen-bond donors (Lipinski definition) is 0. The molecule has 0 saturated carbocycles. The molecule has 0 radical (unpaired) electrons. The maximum Gasteiger partial charge on any atom is 0.190 e. The average Bonchev–Trinajstić information content (AvgIpc) is 2.07. The molecule has 104 valence electrons. The van der Waals surface area contributed by atoms with Gasteiger partial charge in [0.15, 0.2) is 8.32 Å². The Balaban J connectivity index is -0.000000240. The molecule has 0 N–H and O–H groups in total. The Morgan fingerprint density at radius 3 is 1.50 bits per heavy atom. The van der Waals surface area contributed by atoms with Crippen molar-refractivity contribution in [3.63, 3.8) is 0 Å². The Morgan fingerprint density at radius 1 is 1.00 bits per heavy atom. The van der Waals surface area contributed by atoms with Crippen molar-refractivity contribution in [3.05, 3.63) is 38.0 Å². The van der Waals surface area contributed by atoms with Crippen molar-refractivity contribution in [2.24, 2.45) is 0 Å². The zero-order valence-corrected chi connectivity index (χ0v) is 19.1. The number of allylic oxidation sites excluding steroid dienone is 3. The molecule has 0 aliphatic rings. The van der Waals surface area contributed by atoms with E-state index in [-0.39, 0.29) is 78.0 Å². The van der Waals surface area contributed by atoms with Crippen molar-refractivity contribution in [3.8, 4) is 0 Å². The van der Waals surface area contributed by atoms with Crippen LogP contribution in [0.1, 0.15) is 0 Å². The summed E-state index contributed by atoms with van der Waals surface area (Å²) in [6.07, 6.45) is 5.72. The van der Waals surface area contributed by atoms with Gasteiger partial charge in [0.05, 0.1) is 0 Å². The molecule has 0 unspecified atom stereocenters. The van der Waals surface area contributed by atoms with E-state index in [2.05, 4.69) is 39.4 Å². The first-order valence-electron chi connectivity index (χ1n) is 4.54. The van der Waals surface area contributed by atoms with Crippen molar-refractivity contribution < 1.29 is 67.3 Å². The van der Waals surface area contributed by atoms with Gasteiger partial charge in [-0.05, 0) is 13.1 Å².